The molecule has 0 aromatic carbocycles. The lowest BCUT2D eigenvalue weighted by atomic mass is 10.1. The van der Waals surface area contributed by atoms with Crippen molar-refractivity contribution < 1.29 is 8.42 Å². The molecule has 1 saturated heterocycles. The maximum Gasteiger partial charge on any atom is 0.214 e. The smallest absolute Gasteiger partial charge is 0.214 e. The molecule has 2 fully saturated rings. The van der Waals surface area contributed by atoms with Gasteiger partial charge in [-0.3, -0.25) is 0 Å². The van der Waals surface area contributed by atoms with Gasteiger partial charge in [0.1, 0.15) is 0 Å². The minimum Gasteiger partial charge on any atom is -0.317 e. The molecule has 1 aliphatic carbocycles. The van der Waals surface area contributed by atoms with Crippen LogP contribution in [0.15, 0.2) is 0 Å². The molecule has 108 valence electrons. The molecule has 1 saturated carbocycles. The summed E-state index contributed by atoms with van der Waals surface area (Å²) in [6, 6.07) is 0.493. The molecule has 4 nitrogen and oxygen atoms in total. The van der Waals surface area contributed by atoms with Crippen LogP contribution in [-0.2, 0) is 10.0 Å². The number of rotatable bonds is 4. The van der Waals surface area contributed by atoms with Gasteiger partial charge in [-0.1, -0.05) is 12.8 Å². The standard InChI is InChI=1S/C12H24N2O2S.ClH/c1-13-12-6-8-14(9-7-12)17(15,16)10-11-4-2-3-5-11;/h11-13H,2-10H2,1H3;1H. The highest BCUT2D eigenvalue weighted by Crippen LogP contribution is 2.27. The second-order valence-electron chi connectivity index (χ2n) is 5.39. The van der Waals surface area contributed by atoms with Crippen LogP contribution in [0.3, 0.4) is 0 Å². The Morgan fingerprint density at radius 2 is 1.67 bits per heavy atom. The molecule has 0 unspecified atom stereocenters. The third-order valence-corrected chi connectivity index (χ3v) is 6.22. The fourth-order valence-corrected chi connectivity index (χ4v) is 4.91. The Morgan fingerprint density at radius 1 is 1.11 bits per heavy atom. The summed E-state index contributed by atoms with van der Waals surface area (Å²) in [5.74, 6) is 0.805. The topological polar surface area (TPSA) is 49.4 Å². The van der Waals surface area contributed by atoms with Crippen molar-refractivity contribution >= 4 is 22.4 Å². The molecule has 2 aliphatic rings. The number of piperidine rings is 1. The van der Waals surface area contributed by atoms with Crippen LogP contribution >= 0.6 is 12.4 Å². The molecule has 0 spiro atoms. The van der Waals surface area contributed by atoms with Crippen LogP contribution in [0.1, 0.15) is 38.5 Å². The number of nitrogens with zero attached hydrogens (tertiary/aromatic N) is 1. The SMILES string of the molecule is CNC1CCN(S(=O)(=O)CC2CCCC2)CC1.Cl. The van der Waals surface area contributed by atoms with Crippen molar-refractivity contribution in [2.75, 3.05) is 25.9 Å². The first-order valence-corrected chi connectivity index (χ1v) is 8.38. The fraction of sp³-hybridized carbons (Fsp3) is 1.00. The predicted octanol–water partition coefficient (Wildman–Crippen LogP) is 1.61. The summed E-state index contributed by atoms with van der Waals surface area (Å²) in [7, 11) is -1.04. The summed E-state index contributed by atoms with van der Waals surface area (Å²) >= 11 is 0. The summed E-state index contributed by atoms with van der Waals surface area (Å²) in [5.41, 5.74) is 0. The zero-order chi connectivity index (χ0) is 12.3. The van der Waals surface area contributed by atoms with Crippen molar-refractivity contribution in [2.24, 2.45) is 5.92 Å². The van der Waals surface area contributed by atoms with Crippen LogP contribution in [0.25, 0.3) is 0 Å². The van der Waals surface area contributed by atoms with Gasteiger partial charge in [0, 0.05) is 19.1 Å². The van der Waals surface area contributed by atoms with Crippen LogP contribution in [-0.4, -0.2) is 44.7 Å². The van der Waals surface area contributed by atoms with E-state index in [1.54, 1.807) is 4.31 Å². The number of sulfonamides is 1. The van der Waals surface area contributed by atoms with Gasteiger partial charge in [0.05, 0.1) is 5.75 Å². The summed E-state index contributed by atoms with van der Waals surface area (Å²) in [5, 5.41) is 3.23. The number of halogens is 1. The Hall–Kier alpha value is 0.160. The van der Waals surface area contributed by atoms with Gasteiger partial charge in [0.2, 0.25) is 10.0 Å². The highest BCUT2D eigenvalue weighted by molar-refractivity contribution is 7.89. The van der Waals surface area contributed by atoms with Crippen molar-refractivity contribution in [3.8, 4) is 0 Å². The monoisotopic (exact) mass is 296 g/mol. The lowest BCUT2D eigenvalue weighted by Gasteiger charge is -2.31. The largest absolute Gasteiger partial charge is 0.317 e. The molecule has 1 aliphatic heterocycles. The van der Waals surface area contributed by atoms with E-state index >= 15 is 0 Å². The normalized spacial score (nSPS) is 24.1. The Balaban J connectivity index is 0.00000162. The van der Waals surface area contributed by atoms with E-state index in [0.29, 0.717) is 30.8 Å². The van der Waals surface area contributed by atoms with E-state index < -0.39 is 10.0 Å². The lowest BCUT2D eigenvalue weighted by Crippen LogP contribution is -2.45. The average molecular weight is 297 g/mol. The van der Waals surface area contributed by atoms with Gasteiger partial charge in [-0.25, -0.2) is 12.7 Å². The maximum atomic E-state index is 12.2. The van der Waals surface area contributed by atoms with Gasteiger partial charge < -0.3 is 5.32 Å². The van der Waals surface area contributed by atoms with E-state index in [0.717, 1.165) is 25.7 Å². The van der Waals surface area contributed by atoms with E-state index in [-0.39, 0.29) is 12.4 Å². The fourth-order valence-electron chi connectivity index (χ4n) is 3.00. The van der Waals surface area contributed by atoms with Crippen LogP contribution < -0.4 is 5.32 Å². The third-order valence-electron chi connectivity index (χ3n) is 4.18. The molecule has 1 N–H and O–H groups in total. The highest BCUT2D eigenvalue weighted by Gasteiger charge is 2.30. The Bertz CT molecular complexity index is 334. The van der Waals surface area contributed by atoms with E-state index in [9.17, 15) is 8.42 Å². The maximum absolute atomic E-state index is 12.2. The Labute approximate surface area is 117 Å². The van der Waals surface area contributed by atoms with Crippen molar-refractivity contribution in [1.82, 2.24) is 9.62 Å². The number of nitrogens with one attached hydrogen (secondary N) is 1. The Kier molecular flexibility index (Phi) is 6.38. The zero-order valence-electron chi connectivity index (χ0n) is 11.1. The molecule has 0 aromatic heterocycles. The first-order valence-electron chi connectivity index (χ1n) is 6.77. The minimum absolute atomic E-state index is 0. The van der Waals surface area contributed by atoms with E-state index in [4.69, 9.17) is 0 Å². The lowest BCUT2D eigenvalue weighted by molar-refractivity contribution is 0.297. The van der Waals surface area contributed by atoms with Gasteiger partial charge in [0.15, 0.2) is 0 Å². The van der Waals surface area contributed by atoms with Gasteiger partial charge in [-0.2, -0.15) is 0 Å². The van der Waals surface area contributed by atoms with Gasteiger partial charge in [-0.15, -0.1) is 12.4 Å². The second kappa shape index (κ2) is 7.08. The van der Waals surface area contributed by atoms with Gasteiger partial charge >= 0.3 is 0 Å². The average Bonchev–Trinajstić information content (AvgIpc) is 2.81. The second-order valence-corrected chi connectivity index (χ2v) is 7.40. The predicted molar refractivity (Wildman–Crippen MR) is 76.6 cm³/mol. The van der Waals surface area contributed by atoms with Crippen molar-refractivity contribution in [3.63, 3.8) is 0 Å². The highest BCUT2D eigenvalue weighted by atomic mass is 35.5. The van der Waals surface area contributed by atoms with E-state index in [1.807, 2.05) is 7.05 Å². The molecule has 0 aromatic rings. The van der Waals surface area contributed by atoms with Crippen LogP contribution in [0.5, 0.6) is 0 Å². The van der Waals surface area contributed by atoms with Crippen LogP contribution in [0.4, 0.5) is 0 Å². The van der Waals surface area contributed by atoms with Crippen LogP contribution in [0, 0.1) is 5.92 Å². The minimum atomic E-state index is -2.99. The first kappa shape index (κ1) is 16.2. The molecule has 18 heavy (non-hydrogen) atoms. The summed E-state index contributed by atoms with van der Waals surface area (Å²) in [6.45, 7) is 1.39. The molecule has 0 amide bonds. The molecule has 0 atom stereocenters. The number of hydrogen-bond donors (Lipinski definition) is 1. The third kappa shape index (κ3) is 4.08. The molecule has 2 rings (SSSR count). The van der Waals surface area contributed by atoms with Crippen molar-refractivity contribution in [3.05, 3.63) is 0 Å². The van der Waals surface area contributed by atoms with Crippen molar-refractivity contribution in [1.29, 1.82) is 0 Å². The van der Waals surface area contributed by atoms with Crippen molar-refractivity contribution in [2.45, 2.75) is 44.6 Å². The molecule has 1 heterocycles. The summed E-state index contributed by atoms with van der Waals surface area (Å²) in [4.78, 5) is 0. The number of hydrogen-bond acceptors (Lipinski definition) is 3. The van der Waals surface area contributed by atoms with E-state index in [1.165, 1.54) is 12.8 Å². The first-order chi connectivity index (χ1) is 8.12. The van der Waals surface area contributed by atoms with Gasteiger partial charge in [0.25, 0.3) is 0 Å². The molecule has 0 bridgehead atoms. The summed E-state index contributed by atoms with van der Waals surface area (Å²) < 4.78 is 26.2. The molecular weight excluding hydrogens is 272 g/mol. The zero-order valence-corrected chi connectivity index (χ0v) is 12.7. The quantitative estimate of drug-likeness (QED) is 0.857. The molecule has 6 heteroatoms. The summed E-state index contributed by atoms with van der Waals surface area (Å²) in [6.07, 6.45) is 6.52. The van der Waals surface area contributed by atoms with Crippen LogP contribution in [0.2, 0.25) is 0 Å². The molecular formula is C12H25ClN2O2S. The molecule has 0 radical (unpaired) electrons. The van der Waals surface area contributed by atoms with Gasteiger partial charge in [-0.05, 0) is 38.6 Å². The Morgan fingerprint density at radius 3 is 2.17 bits per heavy atom. The van der Waals surface area contributed by atoms with E-state index in [2.05, 4.69) is 5.32 Å².